The molecule has 3 nitrogen and oxygen atoms in total. The van der Waals surface area contributed by atoms with Crippen LogP contribution in [0.1, 0.15) is 5.01 Å². The standard InChI is InChI=1S/C16H9Cl2NO2S/c17-10-5-6-13(11(18)9-10)21-16(20)8-7-15-19-12-3-1-2-4-14(12)22-15/h1-9H/b8-7+. The normalized spacial score (nSPS) is 11.2. The number of fused-ring (bicyclic) bond motifs is 1. The van der Waals surface area contributed by atoms with E-state index in [0.29, 0.717) is 5.02 Å². The smallest absolute Gasteiger partial charge is 0.336 e. The fraction of sp³-hybridized carbons (Fsp3) is 0. The third kappa shape index (κ3) is 3.47. The molecule has 1 aromatic heterocycles. The zero-order chi connectivity index (χ0) is 15.5. The summed E-state index contributed by atoms with van der Waals surface area (Å²) in [5, 5.41) is 1.50. The zero-order valence-electron chi connectivity index (χ0n) is 11.1. The van der Waals surface area contributed by atoms with Crippen LogP contribution >= 0.6 is 34.5 Å². The van der Waals surface area contributed by atoms with Crippen LogP contribution in [0.25, 0.3) is 16.3 Å². The molecule has 0 radical (unpaired) electrons. The Hall–Kier alpha value is -1.88. The molecule has 6 heteroatoms. The second-order valence-electron chi connectivity index (χ2n) is 4.35. The quantitative estimate of drug-likeness (QED) is 0.369. The van der Waals surface area contributed by atoms with Crippen LogP contribution in [0.3, 0.4) is 0 Å². The molecule has 1 heterocycles. The van der Waals surface area contributed by atoms with Crippen LogP contribution in [-0.4, -0.2) is 11.0 Å². The Morgan fingerprint density at radius 1 is 1.18 bits per heavy atom. The summed E-state index contributed by atoms with van der Waals surface area (Å²) in [4.78, 5) is 16.2. The monoisotopic (exact) mass is 349 g/mol. The van der Waals surface area contributed by atoms with Crippen LogP contribution in [0.2, 0.25) is 10.0 Å². The van der Waals surface area contributed by atoms with Crippen molar-refractivity contribution >= 4 is 56.8 Å². The molecule has 0 fully saturated rings. The highest BCUT2D eigenvalue weighted by Gasteiger charge is 2.07. The second kappa shape index (κ2) is 6.48. The van der Waals surface area contributed by atoms with E-state index < -0.39 is 5.97 Å². The van der Waals surface area contributed by atoms with Gasteiger partial charge in [-0.1, -0.05) is 35.3 Å². The minimum Gasteiger partial charge on any atom is -0.422 e. The largest absolute Gasteiger partial charge is 0.422 e. The third-order valence-corrected chi connectivity index (χ3v) is 4.31. The number of rotatable bonds is 3. The Balaban J connectivity index is 1.73. The van der Waals surface area contributed by atoms with Crippen LogP contribution in [0.5, 0.6) is 5.75 Å². The molecular weight excluding hydrogens is 341 g/mol. The predicted octanol–water partition coefficient (Wildman–Crippen LogP) is 5.22. The molecule has 0 atom stereocenters. The van der Waals surface area contributed by atoms with Crippen LogP contribution in [0.15, 0.2) is 48.5 Å². The number of para-hydroxylation sites is 1. The lowest BCUT2D eigenvalue weighted by Gasteiger charge is -2.03. The van der Waals surface area contributed by atoms with Crippen molar-refractivity contribution in [3.63, 3.8) is 0 Å². The lowest BCUT2D eigenvalue weighted by Crippen LogP contribution is -2.03. The summed E-state index contributed by atoms with van der Waals surface area (Å²) in [6.45, 7) is 0. The highest BCUT2D eigenvalue weighted by atomic mass is 35.5. The van der Waals surface area contributed by atoms with E-state index >= 15 is 0 Å². The van der Waals surface area contributed by atoms with Gasteiger partial charge in [-0.15, -0.1) is 11.3 Å². The molecule has 0 amide bonds. The average Bonchev–Trinajstić information content (AvgIpc) is 2.91. The molecule has 22 heavy (non-hydrogen) atoms. The number of esters is 1. The van der Waals surface area contributed by atoms with E-state index in [-0.39, 0.29) is 10.8 Å². The number of halogens is 2. The van der Waals surface area contributed by atoms with Gasteiger partial charge in [0.25, 0.3) is 0 Å². The van der Waals surface area contributed by atoms with Crippen LogP contribution in [0, 0.1) is 0 Å². The van der Waals surface area contributed by atoms with Gasteiger partial charge < -0.3 is 4.74 Å². The second-order valence-corrected chi connectivity index (χ2v) is 6.25. The zero-order valence-corrected chi connectivity index (χ0v) is 13.5. The molecule has 0 aliphatic carbocycles. The molecule has 3 aromatic rings. The van der Waals surface area contributed by atoms with E-state index in [2.05, 4.69) is 4.98 Å². The minimum absolute atomic E-state index is 0.269. The van der Waals surface area contributed by atoms with Crippen LogP contribution < -0.4 is 4.74 Å². The maximum absolute atomic E-state index is 11.8. The Morgan fingerprint density at radius 2 is 2.00 bits per heavy atom. The SMILES string of the molecule is O=C(/C=C/c1nc2ccccc2s1)Oc1ccc(Cl)cc1Cl. The van der Waals surface area contributed by atoms with Gasteiger partial charge in [-0.3, -0.25) is 0 Å². The minimum atomic E-state index is -0.525. The predicted molar refractivity (Wildman–Crippen MR) is 90.8 cm³/mol. The van der Waals surface area contributed by atoms with E-state index in [4.69, 9.17) is 27.9 Å². The molecule has 0 unspecified atom stereocenters. The summed E-state index contributed by atoms with van der Waals surface area (Å²) < 4.78 is 6.22. The number of nitrogens with zero attached hydrogens (tertiary/aromatic N) is 1. The summed E-state index contributed by atoms with van der Waals surface area (Å²) in [7, 11) is 0. The summed E-state index contributed by atoms with van der Waals surface area (Å²) >= 11 is 13.2. The van der Waals surface area contributed by atoms with Gasteiger partial charge >= 0.3 is 5.97 Å². The van der Waals surface area contributed by atoms with Crippen LogP contribution in [-0.2, 0) is 4.79 Å². The van der Waals surface area contributed by atoms with Gasteiger partial charge in [0.2, 0.25) is 0 Å². The van der Waals surface area contributed by atoms with Crippen molar-refractivity contribution < 1.29 is 9.53 Å². The number of aromatic nitrogens is 1. The maximum atomic E-state index is 11.8. The highest BCUT2D eigenvalue weighted by molar-refractivity contribution is 7.19. The number of carbonyl (C=O) groups is 1. The summed E-state index contributed by atoms with van der Waals surface area (Å²) in [5.74, 6) is -0.256. The van der Waals surface area contributed by atoms with E-state index in [1.54, 1.807) is 18.2 Å². The molecule has 0 bridgehead atoms. The van der Waals surface area contributed by atoms with Crippen molar-refractivity contribution in [2.45, 2.75) is 0 Å². The van der Waals surface area contributed by atoms with Crippen molar-refractivity contribution in [2.75, 3.05) is 0 Å². The van der Waals surface area contributed by atoms with E-state index in [1.165, 1.54) is 23.5 Å². The third-order valence-electron chi connectivity index (χ3n) is 2.78. The molecule has 0 saturated heterocycles. The Kier molecular flexibility index (Phi) is 4.43. The number of ether oxygens (including phenoxy) is 1. The van der Waals surface area contributed by atoms with Crippen LogP contribution in [0.4, 0.5) is 0 Å². The first-order chi connectivity index (χ1) is 10.6. The lowest BCUT2D eigenvalue weighted by molar-refractivity contribution is -0.128. The maximum Gasteiger partial charge on any atom is 0.336 e. The van der Waals surface area contributed by atoms with Gasteiger partial charge in [-0.25, -0.2) is 9.78 Å². The first-order valence-electron chi connectivity index (χ1n) is 6.32. The molecular formula is C16H9Cl2NO2S. The Bertz CT molecular complexity index is 840. The van der Waals surface area contributed by atoms with Crippen molar-refractivity contribution in [1.82, 2.24) is 4.98 Å². The molecule has 0 N–H and O–H groups in total. The number of hydrogen-bond donors (Lipinski definition) is 0. The highest BCUT2D eigenvalue weighted by Crippen LogP contribution is 2.28. The van der Waals surface area contributed by atoms with Gasteiger partial charge in [0.1, 0.15) is 10.8 Å². The number of benzene rings is 2. The van der Waals surface area contributed by atoms with Gasteiger partial charge in [0, 0.05) is 11.1 Å². The Morgan fingerprint density at radius 3 is 2.77 bits per heavy atom. The van der Waals surface area contributed by atoms with Crippen molar-refractivity contribution in [1.29, 1.82) is 0 Å². The fourth-order valence-corrected chi connectivity index (χ4v) is 3.12. The van der Waals surface area contributed by atoms with Crippen molar-refractivity contribution in [2.24, 2.45) is 0 Å². The van der Waals surface area contributed by atoms with Crippen molar-refractivity contribution in [3.8, 4) is 5.75 Å². The summed E-state index contributed by atoms with van der Waals surface area (Å²) in [6, 6.07) is 12.5. The topological polar surface area (TPSA) is 39.2 Å². The fourth-order valence-electron chi connectivity index (χ4n) is 1.80. The molecule has 3 rings (SSSR count). The molecule has 0 aliphatic rings. The number of thiazole rings is 1. The van der Waals surface area contributed by atoms with E-state index in [0.717, 1.165) is 15.2 Å². The van der Waals surface area contributed by atoms with Gasteiger partial charge in [0.05, 0.1) is 15.2 Å². The average molecular weight is 350 g/mol. The van der Waals surface area contributed by atoms with E-state index in [1.807, 2.05) is 24.3 Å². The molecule has 0 spiro atoms. The van der Waals surface area contributed by atoms with Gasteiger partial charge in [-0.2, -0.15) is 0 Å². The van der Waals surface area contributed by atoms with Crippen molar-refractivity contribution in [3.05, 3.63) is 63.6 Å². The molecule has 0 saturated carbocycles. The lowest BCUT2D eigenvalue weighted by atomic mass is 10.3. The Labute approximate surface area is 140 Å². The van der Waals surface area contributed by atoms with Gasteiger partial charge in [0.15, 0.2) is 0 Å². The summed E-state index contributed by atoms with van der Waals surface area (Å²) in [6.07, 6.45) is 2.94. The molecule has 110 valence electrons. The molecule has 0 aliphatic heterocycles. The first kappa shape index (κ1) is 15.0. The number of carbonyl (C=O) groups excluding carboxylic acids is 1. The van der Waals surface area contributed by atoms with E-state index in [9.17, 15) is 4.79 Å². The first-order valence-corrected chi connectivity index (χ1v) is 7.89. The van der Waals surface area contributed by atoms with Gasteiger partial charge in [-0.05, 0) is 36.4 Å². The number of hydrogen-bond acceptors (Lipinski definition) is 4. The summed E-state index contributed by atoms with van der Waals surface area (Å²) in [5.41, 5.74) is 0.904. The molecule has 2 aromatic carbocycles.